The van der Waals surface area contributed by atoms with Gasteiger partial charge in [-0.2, -0.15) is 10.1 Å². The highest BCUT2D eigenvalue weighted by atomic mass is 15.4. The lowest BCUT2D eigenvalue weighted by atomic mass is 10.1. The van der Waals surface area contributed by atoms with Gasteiger partial charge in [-0.05, 0) is 25.0 Å². The zero-order valence-electron chi connectivity index (χ0n) is 9.08. The molecular formula is C11H15N5. The van der Waals surface area contributed by atoms with Gasteiger partial charge in [0.25, 0.3) is 0 Å². The number of hydrogen-bond acceptors (Lipinski definition) is 3. The van der Waals surface area contributed by atoms with Crippen LogP contribution in [0.2, 0.25) is 0 Å². The fraction of sp³-hybridized carbons (Fsp3) is 0.455. The van der Waals surface area contributed by atoms with Gasteiger partial charge in [0.2, 0.25) is 5.95 Å². The third kappa shape index (κ3) is 1.68. The van der Waals surface area contributed by atoms with Crippen molar-refractivity contribution in [2.75, 3.05) is 18.0 Å². The number of aromatic nitrogens is 4. The van der Waals surface area contributed by atoms with Crippen molar-refractivity contribution in [2.24, 2.45) is 0 Å². The van der Waals surface area contributed by atoms with Gasteiger partial charge in [0.05, 0.1) is 6.04 Å². The summed E-state index contributed by atoms with van der Waals surface area (Å²) in [7, 11) is 0. The second kappa shape index (κ2) is 4.00. The largest absolute Gasteiger partial charge is 0.349 e. The first-order valence-corrected chi connectivity index (χ1v) is 5.66. The van der Waals surface area contributed by atoms with Crippen molar-refractivity contribution in [1.82, 2.24) is 19.7 Å². The van der Waals surface area contributed by atoms with Gasteiger partial charge >= 0.3 is 0 Å². The van der Waals surface area contributed by atoms with E-state index < -0.39 is 0 Å². The third-order valence-electron chi connectivity index (χ3n) is 3.15. The van der Waals surface area contributed by atoms with Crippen LogP contribution in [0.3, 0.4) is 0 Å². The third-order valence-corrected chi connectivity index (χ3v) is 3.15. The van der Waals surface area contributed by atoms with E-state index in [-0.39, 0.29) is 0 Å². The molecule has 5 nitrogen and oxygen atoms in total. The number of piperidine rings is 1. The average Bonchev–Trinajstić information content (AvgIpc) is 3.03. The molecule has 1 fully saturated rings. The highest BCUT2D eigenvalue weighted by Gasteiger charge is 2.22. The van der Waals surface area contributed by atoms with Crippen molar-refractivity contribution in [3.8, 4) is 0 Å². The van der Waals surface area contributed by atoms with E-state index in [0.717, 1.165) is 19.0 Å². The molecule has 3 rings (SSSR count). The number of nitrogens with zero attached hydrogens (tertiary/aromatic N) is 4. The smallest absolute Gasteiger partial charge is 0.221 e. The maximum atomic E-state index is 4.21. The summed E-state index contributed by atoms with van der Waals surface area (Å²) in [5, 5.41) is 6.83. The number of aromatic amines is 1. The predicted molar refractivity (Wildman–Crippen MR) is 61.3 cm³/mol. The van der Waals surface area contributed by atoms with E-state index in [4.69, 9.17) is 0 Å². The summed E-state index contributed by atoms with van der Waals surface area (Å²) in [6.45, 7) is 2.07. The normalized spacial score (nSPS) is 21.2. The first kappa shape index (κ1) is 9.45. The van der Waals surface area contributed by atoms with Gasteiger partial charge in [-0.3, -0.25) is 0 Å². The highest BCUT2D eigenvalue weighted by molar-refractivity contribution is 5.28. The Labute approximate surface area is 94.1 Å². The zero-order chi connectivity index (χ0) is 10.8. The molecule has 1 aliphatic rings. The van der Waals surface area contributed by atoms with Gasteiger partial charge in [-0.15, -0.1) is 0 Å². The lowest BCUT2D eigenvalue weighted by Crippen LogP contribution is -2.36. The quantitative estimate of drug-likeness (QED) is 0.828. The van der Waals surface area contributed by atoms with Crippen molar-refractivity contribution in [3.63, 3.8) is 0 Å². The number of nitrogens with one attached hydrogen (secondary N) is 1. The molecule has 0 aliphatic carbocycles. The van der Waals surface area contributed by atoms with Crippen molar-refractivity contribution < 1.29 is 0 Å². The van der Waals surface area contributed by atoms with Crippen LogP contribution in [0, 0.1) is 0 Å². The maximum Gasteiger partial charge on any atom is 0.221 e. The van der Waals surface area contributed by atoms with E-state index in [2.05, 4.69) is 49.2 Å². The van der Waals surface area contributed by atoms with Crippen LogP contribution in [0.5, 0.6) is 0 Å². The van der Waals surface area contributed by atoms with E-state index in [9.17, 15) is 0 Å². The minimum absolute atomic E-state index is 0.550. The molecule has 2 aromatic heterocycles. The van der Waals surface area contributed by atoms with Crippen molar-refractivity contribution in [3.05, 3.63) is 30.9 Å². The Hall–Kier alpha value is -1.78. The monoisotopic (exact) mass is 217 g/mol. The van der Waals surface area contributed by atoms with Crippen LogP contribution in [0.15, 0.2) is 30.9 Å². The molecule has 0 spiro atoms. The summed E-state index contributed by atoms with van der Waals surface area (Å²) < 4.78 is 2.28. The summed E-state index contributed by atoms with van der Waals surface area (Å²) in [6.07, 6.45) is 8.26. The molecule has 84 valence electrons. The Balaban J connectivity index is 1.75. The van der Waals surface area contributed by atoms with Gasteiger partial charge in [0.15, 0.2) is 0 Å². The standard InChI is InChI=1S/C11H15N5/c1-2-6-15(5-1)10-4-3-7-16(8-10)11-12-9-13-14-11/h1-2,5-6,9-10H,3-4,7-8H2,(H,12,13,14). The van der Waals surface area contributed by atoms with E-state index in [1.807, 2.05) is 0 Å². The summed E-state index contributed by atoms with van der Waals surface area (Å²) in [5.41, 5.74) is 0. The number of rotatable bonds is 2. The number of hydrogen-bond donors (Lipinski definition) is 1. The molecule has 0 amide bonds. The van der Waals surface area contributed by atoms with Crippen molar-refractivity contribution in [1.29, 1.82) is 0 Å². The Morgan fingerprint density at radius 1 is 1.31 bits per heavy atom. The second-order valence-electron chi connectivity index (χ2n) is 4.18. The highest BCUT2D eigenvalue weighted by Crippen LogP contribution is 2.23. The number of H-pyrrole nitrogens is 1. The van der Waals surface area contributed by atoms with E-state index in [1.54, 1.807) is 6.33 Å². The summed E-state index contributed by atoms with van der Waals surface area (Å²) >= 11 is 0. The van der Waals surface area contributed by atoms with Crippen LogP contribution in [-0.2, 0) is 0 Å². The molecular weight excluding hydrogens is 202 g/mol. The van der Waals surface area contributed by atoms with E-state index in [1.165, 1.54) is 12.8 Å². The molecule has 1 unspecified atom stereocenters. The molecule has 1 aliphatic heterocycles. The minimum Gasteiger partial charge on any atom is -0.349 e. The van der Waals surface area contributed by atoms with Gasteiger partial charge in [0.1, 0.15) is 6.33 Å². The van der Waals surface area contributed by atoms with Crippen LogP contribution >= 0.6 is 0 Å². The lowest BCUT2D eigenvalue weighted by Gasteiger charge is -2.33. The van der Waals surface area contributed by atoms with Crippen molar-refractivity contribution in [2.45, 2.75) is 18.9 Å². The van der Waals surface area contributed by atoms with Gasteiger partial charge in [-0.25, -0.2) is 5.10 Å². The van der Waals surface area contributed by atoms with Gasteiger partial charge in [-0.1, -0.05) is 0 Å². The predicted octanol–water partition coefficient (Wildman–Crippen LogP) is 1.45. The molecule has 0 aromatic carbocycles. The fourth-order valence-corrected chi connectivity index (χ4v) is 2.33. The van der Waals surface area contributed by atoms with Gasteiger partial charge in [0, 0.05) is 25.5 Å². The van der Waals surface area contributed by atoms with Crippen LogP contribution < -0.4 is 4.90 Å². The maximum absolute atomic E-state index is 4.21. The Morgan fingerprint density at radius 2 is 2.19 bits per heavy atom. The van der Waals surface area contributed by atoms with Crippen LogP contribution in [0.25, 0.3) is 0 Å². The first-order valence-electron chi connectivity index (χ1n) is 5.66. The zero-order valence-corrected chi connectivity index (χ0v) is 9.08. The van der Waals surface area contributed by atoms with Crippen LogP contribution in [-0.4, -0.2) is 32.8 Å². The average molecular weight is 217 g/mol. The molecule has 16 heavy (non-hydrogen) atoms. The molecule has 2 aromatic rings. The van der Waals surface area contributed by atoms with E-state index in [0.29, 0.717) is 6.04 Å². The molecule has 0 radical (unpaired) electrons. The second-order valence-corrected chi connectivity index (χ2v) is 4.18. The van der Waals surface area contributed by atoms with Crippen LogP contribution in [0.4, 0.5) is 5.95 Å². The topological polar surface area (TPSA) is 49.7 Å². The first-order chi connectivity index (χ1) is 7.93. The minimum atomic E-state index is 0.550. The van der Waals surface area contributed by atoms with Crippen molar-refractivity contribution >= 4 is 5.95 Å². The Kier molecular flexibility index (Phi) is 2.36. The fourth-order valence-electron chi connectivity index (χ4n) is 2.33. The summed E-state index contributed by atoms with van der Waals surface area (Å²) in [6, 6.07) is 4.70. The van der Waals surface area contributed by atoms with Gasteiger partial charge < -0.3 is 9.47 Å². The summed E-state index contributed by atoms with van der Waals surface area (Å²) in [5.74, 6) is 0.886. The number of anilines is 1. The molecule has 0 bridgehead atoms. The molecule has 1 N–H and O–H groups in total. The molecule has 1 atom stereocenters. The Morgan fingerprint density at radius 3 is 2.94 bits per heavy atom. The Bertz CT molecular complexity index is 379. The summed E-state index contributed by atoms with van der Waals surface area (Å²) in [4.78, 5) is 6.47. The lowest BCUT2D eigenvalue weighted by molar-refractivity contribution is 0.403. The molecule has 1 saturated heterocycles. The molecule has 0 saturated carbocycles. The van der Waals surface area contributed by atoms with E-state index >= 15 is 0 Å². The SMILES string of the molecule is c1ccn(C2CCCN(c3ncn[nH]3)C2)c1. The molecule has 5 heteroatoms. The molecule has 3 heterocycles. The van der Waals surface area contributed by atoms with Crippen LogP contribution in [0.1, 0.15) is 18.9 Å².